The van der Waals surface area contributed by atoms with Crippen molar-refractivity contribution in [3.63, 3.8) is 0 Å². The summed E-state index contributed by atoms with van der Waals surface area (Å²) >= 11 is 0. The zero-order valence-corrected chi connectivity index (χ0v) is 7.90. The third kappa shape index (κ3) is 1.10. The van der Waals surface area contributed by atoms with Crippen molar-refractivity contribution in [2.45, 2.75) is 26.4 Å². The van der Waals surface area contributed by atoms with E-state index in [1.54, 1.807) is 0 Å². The lowest BCUT2D eigenvalue weighted by Gasteiger charge is -2.11. The highest BCUT2D eigenvalue weighted by molar-refractivity contribution is 5.80. The summed E-state index contributed by atoms with van der Waals surface area (Å²) in [7, 11) is 0. The Morgan fingerprint density at radius 1 is 1.46 bits per heavy atom. The van der Waals surface area contributed by atoms with Gasteiger partial charge in [0.05, 0.1) is 5.92 Å². The summed E-state index contributed by atoms with van der Waals surface area (Å²) in [5.41, 5.74) is 0. The molecular formula is C10H14O3. The maximum atomic E-state index is 11.4. The quantitative estimate of drug-likeness (QED) is 0.449. The number of fused-ring (bicyclic) bond motifs is 1. The predicted molar refractivity (Wildman–Crippen MR) is 45.9 cm³/mol. The van der Waals surface area contributed by atoms with Gasteiger partial charge in [0.15, 0.2) is 0 Å². The summed E-state index contributed by atoms with van der Waals surface area (Å²) < 4.78 is 5.11. The van der Waals surface area contributed by atoms with Crippen molar-refractivity contribution in [3.8, 4) is 0 Å². The van der Waals surface area contributed by atoms with Crippen molar-refractivity contribution >= 4 is 12.3 Å². The molecule has 0 spiro atoms. The fourth-order valence-electron chi connectivity index (χ4n) is 2.76. The molecule has 3 heteroatoms. The smallest absolute Gasteiger partial charge is 0.310 e. The molecule has 0 aromatic heterocycles. The number of carbonyl (C=O) groups is 2. The van der Waals surface area contributed by atoms with E-state index >= 15 is 0 Å². The Labute approximate surface area is 77.4 Å². The number of hydrogen-bond donors (Lipinski definition) is 0. The molecule has 5 unspecified atom stereocenters. The van der Waals surface area contributed by atoms with Gasteiger partial charge in [-0.3, -0.25) is 4.79 Å². The van der Waals surface area contributed by atoms with Crippen LogP contribution in [0.4, 0.5) is 0 Å². The third-order valence-corrected chi connectivity index (χ3v) is 3.51. The molecule has 0 radical (unpaired) electrons. The molecule has 72 valence electrons. The van der Waals surface area contributed by atoms with E-state index in [0.717, 1.165) is 12.7 Å². The number of aldehydes is 1. The van der Waals surface area contributed by atoms with Gasteiger partial charge in [-0.25, -0.2) is 0 Å². The van der Waals surface area contributed by atoms with Gasteiger partial charge < -0.3 is 9.53 Å². The van der Waals surface area contributed by atoms with Gasteiger partial charge in [-0.05, 0) is 19.3 Å². The Hall–Kier alpha value is -0.860. The van der Waals surface area contributed by atoms with Gasteiger partial charge in [0.2, 0.25) is 0 Å². The monoisotopic (exact) mass is 182 g/mol. The number of hydrogen-bond acceptors (Lipinski definition) is 3. The molecule has 2 rings (SSSR count). The van der Waals surface area contributed by atoms with Gasteiger partial charge in [0, 0.05) is 11.8 Å². The molecule has 0 aromatic carbocycles. The van der Waals surface area contributed by atoms with Crippen LogP contribution in [0.2, 0.25) is 0 Å². The molecule has 0 bridgehead atoms. The van der Waals surface area contributed by atoms with Gasteiger partial charge in [-0.1, -0.05) is 6.92 Å². The summed E-state index contributed by atoms with van der Waals surface area (Å²) in [5, 5.41) is 0. The van der Waals surface area contributed by atoms with Crippen LogP contribution in [0.1, 0.15) is 20.3 Å². The molecule has 3 nitrogen and oxygen atoms in total. The molecule has 1 saturated carbocycles. The first kappa shape index (κ1) is 8.73. The highest BCUT2D eigenvalue weighted by Gasteiger charge is 2.53. The van der Waals surface area contributed by atoms with Crippen LogP contribution >= 0.6 is 0 Å². The van der Waals surface area contributed by atoms with Crippen LogP contribution in [0.5, 0.6) is 0 Å². The van der Waals surface area contributed by atoms with E-state index in [9.17, 15) is 9.59 Å². The van der Waals surface area contributed by atoms with E-state index in [1.807, 2.05) is 13.8 Å². The fourth-order valence-corrected chi connectivity index (χ4v) is 2.76. The third-order valence-electron chi connectivity index (χ3n) is 3.51. The van der Waals surface area contributed by atoms with Crippen molar-refractivity contribution in [3.05, 3.63) is 0 Å². The molecule has 13 heavy (non-hydrogen) atoms. The van der Waals surface area contributed by atoms with Gasteiger partial charge in [-0.2, -0.15) is 0 Å². The average Bonchev–Trinajstić information content (AvgIpc) is 2.52. The molecule has 2 aliphatic rings. The maximum absolute atomic E-state index is 11.4. The molecule has 0 N–H and O–H groups in total. The largest absolute Gasteiger partial charge is 0.462 e. The van der Waals surface area contributed by atoms with E-state index < -0.39 is 0 Å². The van der Waals surface area contributed by atoms with E-state index in [4.69, 9.17) is 4.74 Å². The van der Waals surface area contributed by atoms with Crippen molar-refractivity contribution < 1.29 is 14.3 Å². The van der Waals surface area contributed by atoms with Crippen LogP contribution in [0.15, 0.2) is 0 Å². The van der Waals surface area contributed by atoms with Crippen LogP contribution < -0.4 is 0 Å². The Balaban J connectivity index is 2.26. The number of ether oxygens (including phenoxy) is 1. The first-order valence-electron chi connectivity index (χ1n) is 4.81. The van der Waals surface area contributed by atoms with Gasteiger partial charge in [0.1, 0.15) is 12.4 Å². The van der Waals surface area contributed by atoms with E-state index in [0.29, 0.717) is 5.92 Å². The first-order chi connectivity index (χ1) is 6.15. The number of esters is 1. The summed E-state index contributed by atoms with van der Waals surface area (Å²) in [5.74, 6) is 0.185. The fraction of sp³-hybridized carbons (Fsp3) is 0.800. The minimum Gasteiger partial charge on any atom is -0.462 e. The Bertz CT molecular complexity index is 249. The topological polar surface area (TPSA) is 43.4 Å². The lowest BCUT2D eigenvalue weighted by molar-refractivity contribution is -0.146. The lowest BCUT2D eigenvalue weighted by atomic mass is 9.89. The molecule has 0 amide bonds. The normalized spacial score (nSPS) is 48.8. The minimum absolute atomic E-state index is 0.00454. The molecule has 1 aliphatic heterocycles. The van der Waals surface area contributed by atoms with Crippen LogP contribution in [0.25, 0.3) is 0 Å². The zero-order chi connectivity index (χ0) is 9.59. The molecule has 1 heterocycles. The van der Waals surface area contributed by atoms with Crippen molar-refractivity contribution in [2.24, 2.45) is 23.7 Å². The standard InChI is InChI=1S/C10H14O3/c1-5-3-7-6(2)13-10(12)9(7)8(5)4-11/h4-9H,3H2,1-2H3. The van der Waals surface area contributed by atoms with Gasteiger partial charge in [0.25, 0.3) is 0 Å². The first-order valence-corrected chi connectivity index (χ1v) is 4.81. The van der Waals surface area contributed by atoms with Crippen molar-refractivity contribution in [2.75, 3.05) is 0 Å². The molecular weight excluding hydrogens is 168 g/mol. The lowest BCUT2D eigenvalue weighted by Crippen LogP contribution is -2.21. The van der Waals surface area contributed by atoms with Crippen molar-refractivity contribution in [1.82, 2.24) is 0 Å². The predicted octanol–water partition coefficient (Wildman–Crippen LogP) is 1.02. The highest BCUT2D eigenvalue weighted by Crippen LogP contribution is 2.47. The Morgan fingerprint density at radius 2 is 2.15 bits per heavy atom. The van der Waals surface area contributed by atoms with E-state index in [2.05, 4.69) is 0 Å². The SMILES string of the molecule is CC1CC2C(C)OC(=O)C2C1C=O. The maximum Gasteiger partial charge on any atom is 0.310 e. The molecule has 0 aromatic rings. The summed E-state index contributed by atoms with van der Waals surface area (Å²) in [4.78, 5) is 22.2. The van der Waals surface area contributed by atoms with Crippen molar-refractivity contribution in [1.29, 1.82) is 0 Å². The minimum atomic E-state index is -0.168. The second-order valence-corrected chi connectivity index (χ2v) is 4.26. The summed E-state index contributed by atoms with van der Waals surface area (Å²) in [6.07, 6.45) is 1.88. The van der Waals surface area contributed by atoms with Gasteiger partial charge >= 0.3 is 5.97 Å². The van der Waals surface area contributed by atoms with Crippen LogP contribution in [-0.2, 0) is 14.3 Å². The molecule has 1 aliphatic carbocycles. The van der Waals surface area contributed by atoms with Crippen LogP contribution in [0, 0.1) is 23.7 Å². The highest BCUT2D eigenvalue weighted by atomic mass is 16.6. The number of rotatable bonds is 1. The zero-order valence-electron chi connectivity index (χ0n) is 7.90. The molecule has 2 fully saturated rings. The van der Waals surface area contributed by atoms with Gasteiger partial charge in [-0.15, -0.1) is 0 Å². The second-order valence-electron chi connectivity index (χ2n) is 4.26. The van der Waals surface area contributed by atoms with Crippen LogP contribution in [0.3, 0.4) is 0 Å². The van der Waals surface area contributed by atoms with Crippen LogP contribution in [-0.4, -0.2) is 18.4 Å². The summed E-state index contributed by atoms with van der Waals surface area (Å²) in [6, 6.07) is 0. The molecule has 5 atom stereocenters. The summed E-state index contributed by atoms with van der Waals surface area (Å²) in [6.45, 7) is 3.96. The number of carbonyl (C=O) groups excluding carboxylic acids is 2. The Morgan fingerprint density at radius 3 is 2.77 bits per heavy atom. The number of cyclic esters (lactones) is 1. The molecule has 1 saturated heterocycles. The van der Waals surface area contributed by atoms with E-state index in [-0.39, 0.29) is 29.8 Å². The average molecular weight is 182 g/mol. The van der Waals surface area contributed by atoms with E-state index in [1.165, 1.54) is 0 Å². The second kappa shape index (κ2) is 2.82. The Kier molecular flexibility index (Phi) is 1.90.